The Labute approximate surface area is 164 Å². The molecule has 148 valence electrons. The molecule has 8 heteroatoms. The zero-order valence-corrected chi connectivity index (χ0v) is 15.2. The molecule has 0 radical (unpaired) electrons. The number of fused-ring (bicyclic) bond motifs is 2. The number of rotatable bonds is 4. The minimum absolute atomic E-state index is 0.0167. The van der Waals surface area contributed by atoms with Gasteiger partial charge in [-0.2, -0.15) is 13.2 Å². The Balaban J connectivity index is 1.44. The Morgan fingerprint density at radius 3 is 2.48 bits per heavy atom. The van der Waals surface area contributed by atoms with Crippen LogP contribution in [-0.2, 0) is 12.7 Å². The highest BCUT2D eigenvalue weighted by molar-refractivity contribution is 5.93. The Hall–Kier alpha value is -3.55. The van der Waals surface area contributed by atoms with Crippen LogP contribution in [0.3, 0.4) is 0 Å². The third kappa shape index (κ3) is 4.01. The summed E-state index contributed by atoms with van der Waals surface area (Å²) in [6.45, 7) is -0.0383. The highest BCUT2D eigenvalue weighted by atomic mass is 19.4. The Bertz CT molecular complexity index is 1180. The topological polar surface area (TPSA) is 59.0 Å². The van der Waals surface area contributed by atoms with Crippen LogP contribution in [0.2, 0.25) is 0 Å². The summed E-state index contributed by atoms with van der Waals surface area (Å²) >= 11 is 0. The molecule has 2 N–H and O–H groups in total. The van der Waals surface area contributed by atoms with E-state index in [1.165, 1.54) is 6.07 Å². The van der Waals surface area contributed by atoms with Crippen LogP contribution in [-0.4, -0.2) is 22.1 Å². The van der Waals surface area contributed by atoms with Crippen molar-refractivity contribution in [2.24, 2.45) is 0 Å². The zero-order chi connectivity index (χ0) is 20.4. The van der Waals surface area contributed by atoms with Gasteiger partial charge in [-0.1, -0.05) is 42.5 Å². The van der Waals surface area contributed by atoms with Crippen molar-refractivity contribution in [1.29, 1.82) is 0 Å². The highest BCUT2D eigenvalue weighted by Crippen LogP contribution is 2.31. The lowest BCUT2D eigenvalue weighted by Crippen LogP contribution is -2.32. The van der Waals surface area contributed by atoms with Crippen LogP contribution in [0, 0.1) is 0 Å². The first-order valence-corrected chi connectivity index (χ1v) is 8.98. The van der Waals surface area contributed by atoms with Crippen LogP contribution in [0.15, 0.2) is 66.7 Å². The second-order valence-electron chi connectivity index (χ2n) is 6.52. The van der Waals surface area contributed by atoms with Crippen molar-refractivity contribution in [3.63, 3.8) is 0 Å². The minimum Gasteiger partial charge on any atom is -0.336 e. The molecule has 0 bridgehead atoms. The number of carbonyl (C=O) groups excluding carboxylic acids is 1. The molecule has 0 atom stereocenters. The van der Waals surface area contributed by atoms with E-state index in [0.717, 1.165) is 15.3 Å². The molecule has 0 spiro atoms. The van der Waals surface area contributed by atoms with Gasteiger partial charge in [0.2, 0.25) is 5.82 Å². The molecular formula is C21H17F3N4O. The van der Waals surface area contributed by atoms with Gasteiger partial charge in [0.05, 0.1) is 11.0 Å². The molecule has 3 aromatic carbocycles. The summed E-state index contributed by atoms with van der Waals surface area (Å²) in [4.78, 5) is 15.8. The van der Waals surface area contributed by atoms with Crippen molar-refractivity contribution in [2.45, 2.75) is 12.7 Å². The Morgan fingerprint density at radius 1 is 0.966 bits per heavy atom. The molecule has 0 saturated heterocycles. The number of aromatic nitrogens is 2. The molecular weight excluding hydrogens is 381 g/mol. The average Bonchev–Trinajstić information content (AvgIpc) is 3.07. The van der Waals surface area contributed by atoms with E-state index in [-0.39, 0.29) is 18.6 Å². The number of hydrogen-bond donors (Lipinski definition) is 2. The van der Waals surface area contributed by atoms with Crippen LogP contribution in [0.5, 0.6) is 0 Å². The monoisotopic (exact) mass is 398 g/mol. The third-order valence-corrected chi connectivity index (χ3v) is 4.54. The van der Waals surface area contributed by atoms with Crippen molar-refractivity contribution < 1.29 is 18.0 Å². The standard InChI is InChI=1S/C21H17F3N4O/c22-21(23,24)19-27-17-7-3-4-8-18(17)28(19)12-11-25-20(29)26-16-10-9-14-5-1-2-6-15(14)13-16/h1-10,13H,11-12H2,(H2,25,26,29). The lowest BCUT2D eigenvalue weighted by Gasteiger charge is -2.13. The lowest BCUT2D eigenvalue weighted by atomic mass is 10.1. The molecule has 0 aliphatic carbocycles. The molecule has 1 heterocycles. The number of alkyl halides is 3. The van der Waals surface area contributed by atoms with Crippen LogP contribution in [0.1, 0.15) is 5.82 Å². The Kier molecular flexibility index (Phi) is 4.84. The number of halogens is 3. The molecule has 1 aromatic heterocycles. The normalized spacial score (nSPS) is 11.7. The van der Waals surface area contributed by atoms with Gasteiger partial charge in [0.15, 0.2) is 0 Å². The summed E-state index contributed by atoms with van der Waals surface area (Å²) in [5, 5.41) is 7.32. The van der Waals surface area contributed by atoms with Gasteiger partial charge in [-0.3, -0.25) is 0 Å². The van der Waals surface area contributed by atoms with Crippen molar-refractivity contribution in [3.8, 4) is 0 Å². The van der Waals surface area contributed by atoms with Crippen LogP contribution in [0.4, 0.5) is 23.7 Å². The molecule has 2 amide bonds. The SMILES string of the molecule is O=C(NCCn1c(C(F)(F)F)nc2ccccc21)Nc1ccc2ccccc2c1. The molecule has 4 rings (SSSR count). The number of imidazole rings is 1. The van der Waals surface area contributed by atoms with E-state index in [0.29, 0.717) is 11.2 Å². The van der Waals surface area contributed by atoms with Gasteiger partial charge in [0, 0.05) is 18.8 Å². The van der Waals surface area contributed by atoms with E-state index in [4.69, 9.17) is 0 Å². The van der Waals surface area contributed by atoms with Gasteiger partial charge in [-0.25, -0.2) is 9.78 Å². The van der Waals surface area contributed by atoms with Crippen LogP contribution in [0.25, 0.3) is 21.8 Å². The number of urea groups is 1. The largest absolute Gasteiger partial charge is 0.449 e. The maximum Gasteiger partial charge on any atom is 0.449 e. The molecule has 0 fully saturated rings. The number of nitrogens with one attached hydrogen (secondary N) is 2. The summed E-state index contributed by atoms with van der Waals surface area (Å²) in [6, 6.07) is 19.1. The predicted octanol–water partition coefficient (Wildman–Crippen LogP) is 5.03. The van der Waals surface area contributed by atoms with Gasteiger partial charge >= 0.3 is 12.2 Å². The average molecular weight is 398 g/mol. The molecule has 0 aliphatic heterocycles. The van der Waals surface area contributed by atoms with Gasteiger partial charge < -0.3 is 15.2 Å². The third-order valence-electron chi connectivity index (χ3n) is 4.54. The van der Waals surface area contributed by atoms with Crippen LogP contribution < -0.4 is 10.6 Å². The number of nitrogens with zero attached hydrogens (tertiary/aromatic N) is 2. The van der Waals surface area contributed by atoms with E-state index < -0.39 is 18.0 Å². The summed E-state index contributed by atoms with van der Waals surface area (Å²) in [7, 11) is 0. The maximum absolute atomic E-state index is 13.3. The summed E-state index contributed by atoms with van der Waals surface area (Å²) in [6.07, 6.45) is -4.58. The number of para-hydroxylation sites is 2. The second-order valence-corrected chi connectivity index (χ2v) is 6.52. The zero-order valence-electron chi connectivity index (χ0n) is 15.2. The molecule has 4 aromatic rings. The first-order chi connectivity index (χ1) is 13.9. The first-order valence-electron chi connectivity index (χ1n) is 8.98. The number of carbonyl (C=O) groups is 1. The highest BCUT2D eigenvalue weighted by Gasteiger charge is 2.37. The number of hydrogen-bond acceptors (Lipinski definition) is 2. The summed E-state index contributed by atoms with van der Waals surface area (Å²) in [5.74, 6) is -0.976. The van der Waals surface area contributed by atoms with Gasteiger partial charge in [-0.05, 0) is 35.0 Å². The van der Waals surface area contributed by atoms with E-state index in [2.05, 4.69) is 15.6 Å². The van der Waals surface area contributed by atoms with Crippen molar-refractivity contribution in [2.75, 3.05) is 11.9 Å². The van der Waals surface area contributed by atoms with Crippen molar-refractivity contribution in [3.05, 3.63) is 72.6 Å². The van der Waals surface area contributed by atoms with Crippen LogP contribution >= 0.6 is 0 Å². The summed E-state index contributed by atoms with van der Waals surface area (Å²) in [5.41, 5.74) is 1.24. The van der Waals surface area contributed by atoms with E-state index in [9.17, 15) is 18.0 Å². The van der Waals surface area contributed by atoms with Crippen molar-refractivity contribution in [1.82, 2.24) is 14.9 Å². The van der Waals surface area contributed by atoms with Gasteiger partial charge in [0.25, 0.3) is 0 Å². The second kappa shape index (κ2) is 7.46. The van der Waals surface area contributed by atoms with E-state index >= 15 is 0 Å². The van der Waals surface area contributed by atoms with Gasteiger partial charge in [-0.15, -0.1) is 0 Å². The maximum atomic E-state index is 13.3. The Morgan fingerprint density at radius 2 is 1.69 bits per heavy atom. The number of anilines is 1. The van der Waals surface area contributed by atoms with Gasteiger partial charge in [0.1, 0.15) is 0 Å². The molecule has 5 nitrogen and oxygen atoms in total. The van der Waals surface area contributed by atoms with E-state index in [1.807, 2.05) is 36.4 Å². The summed E-state index contributed by atoms with van der Waals surface area (Å²) < 4.78 is 41.0. The van der Waals surface area contributed by atoms with E-state index in [1.54, 1.807) is 24.3 Å². The number of benzene rings is 3. The fourth-order valence-corrected chi connectivity index (χ4v) is 3.24. The smallest absolute Gasteiger partial charge is 0.336 e. The molecule has 0 aliphatic rings. The molecule has 0 unspecified atom stereocenters. The minimum atomic E-state index is -4.58. The molecule has 0 saturated carbocycles. The number of amides is 2. The van der Waals surface area contributed by atoms with Crippen molar-refractivity contribution >= 4 is 33.5 Å². The predicted molar refractivity (Wildman–Crippen MR) is 106 cm³/mol. The molecule has 29 heavy (non-hydrogen) atoms. The first kappa shape index (κ1) is 18.8. The quantitative estimate of drug-likeness (QED) is 0.507. The fraction of sp³-hybridized carbons (Fsp3) is 0.143. The fourth-order valence-electron chi connectivity index (χ4n) is 3.24. The lowest BCUT2D eigenvalue weighted by molar-refractivity contribution is -0.146.